The highest BCUT2D eigenvalue weighted by Crippen LogP contribution is 2.20. The van der Waals surface area contributed by atoms with Gasteiger partial charge in [0, 0.05) is 5.33 Å². The van der Waals surface area contributed by atoms with Gasteiger partial charge >= 0.3 is 5.97 Å². The zero-order valence-electron chi connectivity index (χ0n) is 8.25. The Morgan fingerprint density at radius 3 is 2.67 bits per heavy atom. The first-order chi connectivity index (χ1) is 7.13. The minimum atomic E-state index is -0.998. The van der Waals surface area contributed by atoms with Gasteiger partial charge in [0.05, 0.1) is 17.2 Å². The average Bonchev–Trinajstić information content (AvgIpc) is 2.26. The predicted octanol–water partition coefficient (Wildman–Crippen LogP) is 2.71. The zero-order chi connectivity index (χ0) is 11.4. The highest BCUT2D eigenvalue weighted by Gasteiger charge is 2.12. The summed E-state index contributed by atoms with van der Waals surface area (Å²) in [5.74, 6) is -0.998. The molecular formula is C11H10BrNO2. The molecule has 4 heteroatoms. The fourth-order valence-electron chi connectivity index (χ4n) is 1.43. The molecule has 0 heterocycles. The van der Waals surface area contributed by atoms with Crippen molar-refractivity contribution in [2.45, 2.75) is 18.7 Å². The molecule has 0 unspecified atom stereocenters. The first-order valence-electron chi connectivity index (χ1n) is 4.49. The molecule has 0 amide bonds. The van der Waals surface area contributed by atoms with Gasteiger partial charge in [0.1, 0.15) is 0 Å². The summed E-state index contributed by atoms with van der Waals surface area (Å²) in [5, 5.41) is 18.3. The van der Waals surface area contributed by atoms with Gasteiger partial charge in [-0.2, -0.15) is 5.26 Å². The molecule has 0 bridgehead atoms. The van der Waals surface area contributed by atoms with E-state index >= 15 is 0 Å². The number of aromatic carboxylic acids is 1. The Bertz CT molecular complexity index is 435. The quantitative estimate of drug-likeness (QED) is 0.857. The number of rotatable bonds is 3. The molecule has 0 radical (unpaired) electrons. The Hall–Kier alpha value is -1.34. The number of benzene rings is 1. The van der Waals surface area contributed by atoms with Crippen LogP contribution in [0.15, 0.2) is 12.1 Å². The third-order valence-electron chi connectivity index (χ3n) is 2.22. The van der Waals surface area contributed by atoms with Gasteiger partial charge in [-0.15, -0.1) is 0 Å². The van der Waals surface area contributed by atoms with Crippen LogP contribution in [0.2, 0.25) is 0 Å². The van der Waals surface area contributed by atoms with Crippen molar-refractivity contribution in [2.75, 3.05) is 0 Å². The van der Waals surface area contributed by atoms with Crippen LogP contribution in [0.3, 0.4) is 0 Å². The lowest BCUT2D eigenvalue weighted by molar-refractivity contribution is 0.0696. The topological polar surface area (TPSA) is 61.1 Å². The van der Waals surface area contributed by atoms with Crippen molar-refractivity contribution in [3.05, 3.63) is 34.4 Å². The van der Waals surface area contributed by atoms with E-state index in [4.69, 9.17) is 10.4 Å². The largest absolute Gasteiger partial charge is 0.478 e. The van der Waals surface area contributed by atoms with Gasteiger partial charge in [0.15, 0.2) is 0 Å². The summed E-state index contributed by atoms with van der Waals surface area (Å²) in [4.78, 5) is 10.8. The molecule has 0 aromatic heterocycles. The van der Waals surface area contributed by atoms with Crippen molar-refractivity contribution in [3.63, 3.8) is 0 Å². The SMILES string of the molecule is CCc1cc(C(=O)O)cc(C#N)c1CBr. The van der Waals surface area contributed by atoms with Crippen LogP contribution in [-0.4, -0.2) is 11.1 Å². The number of carbonyl (C=O) groups is 1. The van der Waals surface area contributed by atoms with Crippen LogP contribution in [-0.2, 0) is 11.8 Å². The fraction of sp³-hybridized carbons (Fsp3) is 0.273. The Morgan fingerprint density at radius 1 is 1.60 bits per heavy atom. The third-order valence-corrected chi connectivity index (χ3v) is 2.78. The number of aryl methyl sites for hydroxylation is 1. The summed E-state index contributed by atoms with van der Waals surface area (Å²) in [6.45, 7) is 1.94. The lowest BCUT2D eigenvalue weighted by Gasteiger charge is -2.08. The highest BCUT2D eigenvalue weighted by molar-refractivity contribution is 9.08. The number of carboxylic acid groups (broad SMARTS) is 1. The van der Waals surface area contributed by atoms with E-state index in [2.05, 4.69) is 15.9 Å². The predicted molar refractivity (Wildman–Crippen MR) is 60.1 cm³/mol. The molecule has 0 spiro atoms. The van der Waals surface area contributed by atoms with E-state index in [9.17, 15) is 4.79 Å². The summed E-state index contributed by atoms with van der Waals surface area (Å²) in [6.07, 6.45) is 0.719. The Balaban J connectivity index is 3.44. The maximum atomic E-state index is 10.8. The molecule has 0 saturated carbocycles. The van der Waals surface area contributed by atoms with Crippen LogP contribution in [0.4, 0.5) is 0 Å². The first-order valence-corrected chi connectivity index (χ1v) is 5.61. The second kappa shape index (κ2) is 4.94. The monoisotopic (exact) mass is 267 g/mol. The number of carboxylic acids is 1. The summed E-state index contributed by atoms with van der Waals surface area (Å²) >= 11 is 3.30. The molecule has 0 aliphatic carbocycles. The van der Waals surface area contributed by atoms with Crippen molar-refractivity contribution in [3.8, 4) is 6.07 Å². The van der Waals surface area contributed by atoms with Crippen LogP contribution in [0.25, 0.3) is 0 Å². The van der Waals surface area contributed by atoms with Crippen molar-refractivity contribution >= 4 is 21.9 Å². The first kappa shape index (κ1) is 11.7. The Kier molecular flexibility index (Phi) is 3.87. The van der Waals surface area contributed by atoms with Crippen molar-refractivity contribution in [1.82, 2.24) is 0 Å². The van der Waals surface area contributed by atoms with E-state index in [1.807, 2.05) is 13.0 Å². The molecule has 0 fully saturated rings. The van der Waals surface area contributed by atoms with Crippen molar-refractivity contribution < 1.29 is 9.90 Å². The molecule has 0 atom stereocenters. The smallest absolute Gasteiger partial charge is 0.335 e. The number of alkyl halides is 1. The average molecular weight is 268 g/mol. The molecule has 0 aliphatic rings. The second-order valence-electron chi connectivity index (χ2n) is 3.07. The number of nitrogens with zero attached hydrogens (tertiary/aromatic N) is 1. The molecule has 1 aromatic rings. The minimum absolute atomic E-state index is 0.174. The van der Waals surface area contributed by atoms with Gasteiger partial charge in [-0.1, -0.05) is 22.9 Å². The summed E-state index contributed by atoms with van der Waals surface area (Å²) in [6, 6.07) is 5.06. The summed E-state index contributed by atoms with van der Waals surface area (Å²) < 4.78 is 0. The maximum Gasteiger partial charge on any atom is 0.335 e. The molecule has 15 heavy (non-hydrogen) atoms. The van der Waals surface area contributed by atoms with Gasteiger partial charge in [-0.25, -0.2) is 4.79 Å². The highest BCUT2D eigenvalue weighted by atomic mass is 79.9. The van der Waals surface area contributed by atoms with Crippen LogP contribution < -0.4 is 0 Å². The Labute approximate surface area is 96.5 Å². The molecule has 0 aliphatic heterocycles. The zero-order valence-corrected chi connectivity index (χ0v) is 9.84. The molecule has 1 aromatic carbocycles. The van der Waals surface area contributed by atoms with Crippen LogP contribution in [0.1, 0.15) is 34.0 Å². The summed E-state index contributed by atoms with van der Waals surface area (Å²) in [7, 11) is 0. The van der Waals surface area contributed by atoms with Gasteiger partial charge in [-0.3, -0.25) is 0 Å². The number of hydrogen-bond acceptors (Lipinski definition) is 2. The minimum Gasteiger partial charge on any atom is -0.478 e. The van der Waals surface area contributed by atoms with E-state index in [1.54, 1.807) is 6.07 Å². The van der Waals surface area contributed by atoms with E-state index in [0.717, 1.165) is 17.5 Å². The van der Waals surface area contributed by atoms with Crippen molar-refractivity contribution in [1.29, 1.82) is 5.26 Å². The van der Waals surface area contributed by atoms with E-state index in [0.29, 0.717) is 10.9 Å². The lowest BCUT2D eigenvalue weighted by Crippen LogP contribution is -2.02. The molecule has 1 rings (SSSR count). The second-order valence-corrected chi connectivity index (χ2v) is 3.63. The molecule has 3 nitrogen and oxygen atoms in total. The van der Waals surface area contributed by atoms with Gasteiger partial charge in [0.2, 0.25) is 0 Å². The number of nitriles is 1. The fourth-order valence-corrected chi connectivity index (χ4v) is 2.09. The van der Waals surface area contributed by atoms with Crippen LogP contribution in [0, 0.1) is 11.3 Å². The van der Waals surface area contributed by atoms with Crippen LogP contribution in [0.5, 0.6) is 0 Å². The molecule has 1 N–H and O–H groups in total. The lowest BCUT2D eigenvalue weighted by atomic mass is 9.98. The van der Waals surface area contributed by atoms with Gasteiger partial charge in [-0.05, 0) is 29.7 Å². The van der Waals surface area contributed by atoms with E-state index in [-0.39, 0.29) is 5.56 Å². The maximum absolute atomic E-state index is 10.8. The standard InChI is InChI=1S/C11H10BrNO2/c1-2-7-3-8(11(14)15)4-9(6-13)10(7)5-12/h3-4H,2,5H2,1H3,(H,14,15). The normalized spacial score (nSPS) is 9.67. The van der Waals surface area contributed by atoms with E-state index in [1.165, 1.54) is 6.07 Å². The van der Waals surface area contributed by atoms with Crippen molar-refractivity contribution in [2.24, 2.45) is 0 Å². The van der Waals surface area contributed by atoms with Crippen LogP contribution >= 0.6 is 15.9 Å². The van der Waals surface area contributed by atoms with Gasteiger partial charge < -0.3 is 5.11 Å². The molecule has 78 valence electrons. The summed E-state index contributed by atoms with van der Waals surface area (Å²) in [5.41, 5.74) is 2.39. The van der Waals surface area contributed by atoms with Gasteiger partial charge in [0.25, 0.3) is 0 Å². The molecular weight excluding hydrogens is 258 g/mol. The third kappa shape index (κ3) is 2.37. The Morgan fingerprint density at radius 2 is 2.27 bits per heavy atom. The molecule has 0 saturated heterocycles. The number of hydrogen-bond donors (Lipinski definition) is 1. The number of halogens is 1. The van der Waals surface area contributed by atoms with E-state index < -0.39 is 5.97 Å².